The second kappa shape index (κ2) is 12.6. The molecule has 4 rings (SSSR count). The Balaban J connectivity index is 1.95. The number of carbonyl (C=O) groups excluding carboxylic acids is 1. The predicted octanol–water partition coefficient (Wildman–Crippen LogP) is 4.99. The van der Waals surface area contributed by atoms with E-state index in [1.54, 1.807) is 24.3 Å². The van der Waals surface area contributed by atoms with Crippen molar-refractivity contribution in [2.45, 2.75) is 24.7 Å². The molecule has 13 nitrogen and oxygen atoms in total. The molecule has 4 aromatic carbocycles. The summed E-state index contributed by atoms with van der Waals surface area (Å²) in [6.45, 7) is 0. The topological polar surface area (TPSA) is 232 Å². The van der Waals surface area contributed by atoms with Crippen LogP contribution in [0.5, 0.6) is 23.0 Å². The summed E-state index contributed by atoms with van der Waals surface area (Å²) < 4.78 is 0. The highest BCUT2D eigenvalue weighted by Crippen LogP contribution is 2.43. The van der Waals surface area contributed by atoms with E-state index in [9.17, 15) is 56.0 Å². The van der Waals surface area contributed by atoms with Crippen molar-refractivity contribution in [1.29, 1.82) is 10.5 Å². The number of carbonyl (C=O) groups is 1. The number of rotatable bonds is 10. The van der Waals surface area contributed by atoms with Crippen molar-refractivity contribution in [2.75, 3.05) is 0 Å². The van der Waals surface area contributed by atoms with Crippen LogP contribution in [0.2, 0.25) is 0 Å². The molecule has 0 spiro atoms. The minimum atomic E-state index is -1.30. The monoisotopic (exact) mass is 594 g/mol. The van der Waals surface area contributed by atoms with Gasteiger partial charge in [0, 0.05) is 24.0 Å². The summed E-state index contributed by atoms with van der Waals surface area (Å²) in [5.41, 5.74) is -0.459. The summed E-state index contributed by atoms with van der Waals surface area (Å²) in [4.78, 5) is 36.0. The van der Waals surface area contributed by atoms with E-state index in [0.717, 1.165) is 24.3 Å². The van der Waals surface area contributed by atoms with Gasteiger partial charge in [0.1, 0.15) is 5.78 Å². The molecular weight excluding hydrogens is 572 g/mol. The quantitative estimate of drug-likeness (QED) is 0.108. The average molecular weight is 595 g/mol. The van der Waals surface area contributed by atoms with E-state index in [0.29, 0.717) is 11.1 Å². The van der Waals surface area contributed by atoms with Crippen molar-refractivity contribution in [3.05, 3.63) is 126 Å². The lowest BCUT2D eigenvalue weighted by Crippen LogP contribution is -2.25. The molecule has 0 saturated carbocycles. The van der Waals surface area contributed by atoms with Crippen molar-refractivity contribution in [3.8, 4) is 35.1 Å². The van der Waals surface area contributed by atoms with Gasteiger partial charge in [0.15, 0.2) is 11.5 Å². The summed E-state index contributed by atoms with van der Waals surface area (Å²) >= 11 is 0. The molecule has 0 bridgehead atoms. The van der Waals surface area contributed by atoms with Gasteiger partial charge in [-0.3, -0.25) is 25.0 Å². The standard InChI is InChI=1S/C31H22N4O9/c32-15-19-5-1-3-17(7-19)9-23(21-11-25(34(41)42)30(39)27(36)13-21)29(38)24(10-18-4-2-6-20(8-18)16-33)22-12-26(35(43)44)31(40)28(37)14-22/h1-8,11-14,23-24,36-37,39-40H,9-10H2. The molecule has 13 heteroatoms. The van der Waals surface area contributed by atoms with Gasteiger partial charge in [-0.25, -0.2) is 0 Å². The lowest BCUT2D eigenvalue weighted by atomic mass is 9.77. The first-order valence-electron chi connectivity index (χ1n) is 12.9. The normalized spacial score (nSPS) is 12.0. The number of hydrogen-bond donors (Lipinski definition) is 4. The third-order valence-electron chi connectivity index (χ3n) is 7.06. The molecule has 0 aliphatic rings. The maximum atomic E-state index is 14.6. The number of ketones is 1. The second-order valence-electron chi connectivity index (χ2n) is 9.87. The van der Waals surface area contributed by atoms with Gasteiger partial charge in [0.25, 0.3) is 0 Å². The second-order valence-corrected chi connectivity index (χ2v) is 9.87. The Morgan fingerprint density at radius 3 is 1.41 bits per heavy atom. The zero-order valence-electron chi connectivity index (χ0n) is 22.6. The van der Waals surface area contributed by atoms with Crippen LogP contribution in [0, 0.1) is 42.9 Å². The van der Waals surface area contributed by atoms with E-state index in [1.165, 1.54) is 24.3 Å². The molecule has 220 valence electrons. The van der Waals surface area contributed by atoms with Gasteiger partial charge < -0.3 is 20.4 Å². The summed E-state index contributed by atoms with van der Waals surface area (Å²) in [6, 6.07) is 20.2. The number of nitriles is 2. The number of aromatic hydroxyl groups is 4. The molecule has 4 aromatic rings. The Kier molecular flexibility index (Phi) is 8.72. The van der Waals surface area contributed by atoms with Crippen molar-refractivity contribution in [2.24, 2.45) is 0 Å². The first-order chi connectivity index (χ1) is 20.9. The average Bonchev–Trinajstić information content (AvgIpc) is 3.00. The van der Waals surface area contributed by atoms with Crippen LogP contribution in [0.15, 0.2) is 72.8 Å². The SMILES string of the molecule is N#Cc1cccc(CC(C(=O)C(Cc2cccc(C#N)c2)c2cc(O)c(O)c([N+](=O)[O-])c2)c2cc(O)c(O)c([N+](=O)[O-])c2)c1. The molecule has 2 atom stereocenters. The van der Waals surface area contributed by atoms with Gasteiger partial charge >= 0.3 is 11.4 Å². The van der Waals surface area contributed by atoms with Crippen LogP contribution in [-0.4, -0.2) is 36.1 Å². The summed E-state index contributed by atoms with van der Waals surface area (Å²) in [5, 5.41) is 82.9. The maximum Gasteiger partial charge on any atom is 0.314 e. The molecular formula is C31H22N4O9. The van der Waals surface area contributed by atoms with Crippen molar-refractivity contribution >= 4 is 17.2 Å². The highest BCUT2D eigenvalue weighted by atomic mass is 16.6. The number of phenols is 4. The fourth-order valence-corrected chi connectivity index (χ4v) is 4.95. The zero-order valence-corrected chi connectivity index (χ0v) is 22.6. The third kappa shape index (κ3) is 6.37. The Labute approximate surface area is 249 Å². The zero-order chi connectivity index (χ0) is 32.1. The fraction of sp³-hybridized carbons (Fsp3) is 0.129. The highest BCUT2D eigenvalue weighted by Gasteiger charge is 2.34. The number of phenolic OH excluding ortho intramolecular Hbond substituents is 4. The minimum Gasteiger partial charge on any atom is -0.504 e. The van der Waals surface area contributed by atoms with Crippen LogP contribution in [-0.2, 0) is 17.6 Å². The third-order valence-corrected chi connectivity index (χ3v) is 7.06. The van der Waals surface area contributed by atoms with Gasteiger partial charge in [0.2, 0.25) is 11.5 Å². The van der Waals surface area contributed by atoms with Crippen molar-refractivity contribution in [3.63, 3.8) is 0 Å². The predicted molar refractivity (Wildman–Crippen MR) is 153 cm³/mol. The lowest BCUT2D eigenvalue weighted by Gasteiger charge is -2.24. The maximum absolute atomic E-state index is 14.6. The van der Waals surface area contributed by atoms with Gasteiger partial charge in [-0.2, -0.15) is 10.5 Å². The molecule has 44 heavy (non-hydrogen) atoms. The van der Waals surface area contributed by atoms with Crippen molar-refractivity contribution < 1.29 is 35.1 Å². The Bertz CT molecular complexity index is 1760. The van der Waals surface area contributed by atoms with Gasteiger partial charge in [-0.05, 0) is 71.5 Å². The van der Waals surface area contributed by atoms with E-state index in [1.807, 2.05) is 12.1 Å². The van der Waals surface area contributed by atoms with Gasteiger partial charge in [-0.15, -0.1) is 0 Å². The number of benzene rings is 4. The van der Waals surface area contributed by atoms with E-state index in [2.05, 4.69) is 0 Å². The number of nitro benzene ring substituents is 2. The summed E-state index contributed by atoms with van der Waals surface area (Å²) in [6.07, 6.45) is -0.312. The van der Waals surface area contributed by atoms with Crippen LogP contribution in [0.4, 0.5) is 11.4 Å². The molecule has 0 aliphatic carbocycles. The summed E-state index contributed by atoms with van der Waals surface area (Å²) in [7, 11) is 0. The number of hydrogen-bond acceptors (Lipinski definition) is 11. The first-order valence-corrected chi connectivity index (χ1v) is 12.9. The minimum absolute atomic E-state index is 0.0763. The molecule has 4 N–H and O–H groups in total. The molecule has 0 heterocycles. The number of nitro groups is 2. The van der Waals surface area contributed by atoms with Crippen LogP contribution >= 0.6 is 0 Å². The Morgan fingerprint density at radius 1 is 0.682 bits per heavy atom. The summed E-state index contributed by atoms with van der Waals surface area (Å²) in [5.74, 6) is -7.03. The first kappa shape index (κ1) is 30.5. The Morgan fingerprint density at radius 2 is 1.07 bits per heavy atom. The molecule has 0 amide bonds. The van der Waals surface area contributed by atoms with Gasteiger partial charge in [0.05, 0.1) is 33.1 Å². The van der Waals surface area contributed by atoms with E-state index >= 15 is 0 Å². The molecule has 0 aliphatic heterocycles. The van der Waals surface area contributed by atoms with Crippen LogP contribution < -0.4 is 0 Å². The van der Waals surface area contributed by atoms with Gasteiger partial charge in [-0.1, -0.05) is 24.3 Å². The van der Waals surface area contributed by atoms with Crippen LogP contribution in [0.1, 0.15) is 45.2 Å². The smallest absolute Gasteiger partial charge is 0.314 e. The fourth-order valence-electron chi connectivity index (χ4n) is 4.95. The molecule has 2 unspecified atom stereocenters. The molecule has 0 fully saturated rings. The number of Topliss-reactive ketones (excluding diaryl/α,β-unsaturated/α-hetero) is 1. The van der Waals surface area contributed by atoms with E-state index < -0.39 is 61.8 Å². The largest absolute Gasteiger partial charge is 0.504 e. The molecule has 0 aromatic heterocycles. The highest BCUT2D eigenvalue weighted by molar-refractivity contribution is 5.93. The van der Waals surface area contributed by atoms with Crippen molar-refractivity contribution in [1.82, 2.24) is 0 Å². The number of nitrogens with zero attached hydrogens (tertiary/aromatic N) is 4. The van der Waals surface area contributed by atoms with Crippen LogP contribution in [0.3, 0.4) is 0 Å². The Hall–Kier alpha value is -6.47. The lowest BCUT2D eigenvalue weighted by molar-refractivity contribution is -0.386. The molecule has 0 saturated heterocycles. The van der Waals surface area contributed by atoms with Crippen LogP contribution in [0.25, 0.3) is 0 Å². The van der Waals surface area contributed by atoms with E-state index in [4.69, 9.17) is 0 Å². The molecule has 0 radical (unpaired) electrons. The van der Waals surface area contributed by atoms with E-state index in [-0.39, 0.29) is 35.1 Å².